The summed E-state index contributed by atoms with van der Waals surface area (Å²) in [5.41, 5.74) is 0. The van der Waals surface area contributed by atoms with Crippen LogP contribution in [-0.4, -0.2) is 12.1 Å². The van der Waals surface area contributed by atoms with Crippen LogP contribution in [-0.2, 0) is 6.42 Å². The van der Waals surface area contributed by atoms with Gasteiger partial charge in [0.2, 0.25) is 0 Å². The molecule has 3 atom stereocenters. The Morgan fingerprint density at radius 1 is 1.22 bits per heavy atom. The summed E-state index contributed by atoms with van der Waals surface area (Å²) in [4.78, 5) is 0. The molecule has 0 aliphatic carbocycles. The highest BCUT2D eigenvalue weighted by molar-refractivity contribution is 4.98. The molecule has 1 aromatic rings. The van der Waals surface area contributed by atoms with E-state index in [0.29, 0.717) is 12.1 Å². The van der Waals surface area contributed by atoms with E-state index in [9.17, 15) is 0 Å². The first kappa shape index (κ1) is 15.3. The second kappa shape index (κ2) is 8.36. The standard InChI is InChI=1S/C16H29NO/c1-5-13(3)12-15(6-2)17-14(4)9-10-16-8-7-11-18-16/h7-8,11,13-15,17H,5-6,9-10,12H2,1-4H3. The molecule has 0 spiro atoms. The fourth-order valence-corrected chi connectivity index (χ4v) is 2.30. The molecule has 0 aromatic carbocycles. The van der Waals surface area contributed by atoms with E-state index in [2.05, 4.69) is 39.1 Å². The van der Waals surface area contributed by atoms with Crippen molar-refractivity contribution in [1.82, 2.24) is 5.32 Å². The van der Waals surface area contributed by atoms with E-state index in [4.69, 9.17) is 4.42 Å². The lowest BCUT2D eigenvalue weighted by molar-refractivity contribution is 0.344. The number of nitrogens with one attached hydrogen (secondary N) is 1. The highest BCUT2D eigenvalue weighted by Crippen LogP contribution is 2.13. The van der Waals surface area contributed by atoms with Crippen LogP contribution in [0.4, 0.5) is 0 Å². The molecular weight excluding hydrogens is 222 g/mol. The van der Waals surface area contributed by atoms with Crippen molar-refractivity contribution in [3.8, 4) is 0 Å². The summed E-state index contributed by atoms with van der Waals surface area (Å²) in [6.45, 7) is 9.18. The van der Waals surface area contributed by atoms with Crippen molar-refractivity contribution in [1.29, 1.82) is 0 Å². The van der Waals surface area contributed by atoms with E-state index in [-0.39, 0.29) is 0 Å². The summed E-state index contributed by atoms with van der Waals surface area (Å²) >= 11 is 0. The first-order valence-corrected chi connectivity index (χ1v) is 7.44. The fourth-order valence-electron chi connectivity index (χ4n) is 2.30. The Bertz CT molecular complexity index is 294. The summed E-state index contributed by atoms with van der Waals surface area (Å²) in [7, 11) is 0. The summed E-state index contributed by atoms with van der Waals surface area (Å²) < 4.78 is 5.37. The van der Waals surface area contributed by atoms with Gasteiger partial charge in [0.1, 0.15) is 5.76 Å². The van der Waals surface area contributed by atoms with Crippen molar-refractivity contribution in [3.63, 3.8) is 0 Å². The van der Waals surface area contributed by atoms with Crippen LogP contribution in [0.5, 0.6) is 0 Å². The highest BCUT2D eigenvalue weighted by Gasteiger charge is 2.13. The maximum absolute atomic E-state index is 5.37. The molecular formula is C16H29NO. The summed E-state index contributed by atoms with van der Waals surface area (Å²) in [6, 6.07) is 5.24. The Morgan fingerprint density at radius 3 is 2.56 bits per heavy atom. The minimum absolute atomic E-state index is 0.559. The lowest BCUT2D eigenvalue weighted by Gasteiger charge is -2.24. The largest absolute Gasteiger partial charge is 0.469 e. The Labute approximate surface area is 112 Å². The molecule has 2 heteroatoms. The van der Waals surface area contributed by atoms with Crippen molar-refractivity contribution in [2.24, 2.45) is 5.92 Å². The monoisotopic (exact) mass is 251 g/mol. The van der Waals surface area contributed by atoms with Gasteiger partial charge in [-0.05, 0) is 44.2 Å². The van der Waals surface area contributed by atoms with Gasteiger partial charge >= 0.3 is 0 Å². The van der Waals surface area contributed by atoms with Crippen LogP contribution < -0.4 is 5.32 Å². The molecule has 1 N–H and O–H groups in total. The summed E-state index contributed by atoms with van der Waals surface area (Å²) in [6.07, 6.45) is 7.71. The number of hydrogen-bond donors (Lipinski definition) is 1. The van der Waals surface area contributed by atoms with E-state index in [1.54, 1.807) is 6.26 Å². The minimum atomic E-state index is 0.559. The number of hydrogen-bond acceptors (Lipinski definition) is 2. The van der Waals surface area contributed by atoms with Gasteiger partial charge in [0, 0.05) is 18.5 Å². The second-order valence-electron chi connectivity index (χ2n) is 5.54. The Hall–Kier alpha value is -0.760. The van der Waals surface area contributed by atoms with Gasteiger partial charge in [-0.25, -0.2) is 0 Å². The quantitative estimate of drug-likeness (QED) is 0.703. The van der Waals surface area contributed by atoms with Crippen molar-refractivity contribution in [2.45, 2.75) is 71.9 Å². The van der Waals surface area contributed by atoms with E-state index in [1.165, 1.54) is 19.3 Å². The van der Waals surface area contributed by atoms with Gasteiger partial charge in [-0.3, -0.25) is 0 Å². The van der Waals surface area contributed by atoms with Crippen LogP contribution in [0.3, 0.4) is 0 Å². The van der Waals surface area contributed by atoms with E-state index in [1.807, 2.05) is 6.07 Å². The molecule has 3 unspecified atom stereocenters. The molecule has 0 aliphatic rings. The third-order valence-corrected chi connectivity index (χ3v) is 3.80. The Balaban J connectivity index is 2.26. The molecule has 1 aromatic heterocycles. The topological polar surface area (TPSA) is 25.2 Å². The molecule has 0 aliphatic heterocycles. The maximum atomic E-state index is 5.37. The van der Waals surface area contributed by atoms with Crippen molar-refractivity contribution in [2.75, 3.05) is 0 Å². The van der Waals surface area contributed by atoms with Gasteiger partial charge in [0.15, 0.2) is 0 Å². The van der Waals surface area contributed by atoms with Crippen molar-refractivity contribution < 1.29 is 4.42 Å². The van der Waals surface area contributed by atoms with Crippen molar-refractivity contribution in [3.05, 3.63) is 24.2 Å². The van der Waals surface area contributed by atoms with Gasteiger partial charge < -0.3 is 9.73 Å². The number of aryl methyl sites for hydroxylation is 1. The molecule has 18 heavy (non-hydrogen) atoms. The number of furan rings is 1. The molecule has 0 bridgehead atoms. The molecule has 0 saturated heterocycles. The van der Waals surface area contributed by atoms with Crippen LogP contribution in [0.25, 0.3) is 0 Å². The van der Waals surface area contributed by atoms with E-state index >= 15 is 0 Å². The third-order valence-electron chi connectivity index (χ3n) is 3.80. The first-order valence-electron chi connectivity index (χ1n) is 7.44. The van der Waals surface area contributed by atoms with Gasteiger partial charge in [-0.2, -0.15) is 0 Å². The highest BCUT2D eigenvalue weighted by atomic mass is 16.3. The molecule has 104 valence electrons. The van der Waals surface area contributed by atoms with Gasteiger partial charge in [-0.15, -0.1) is 0 Å². The van der Waals surface area contributed by atoms with Crippen molar-refractivity contribution >= 4 is 0 Å². The number of rotatable bonds is 9. The summed E-state index contributed by atoms with van der Waals surface area (Å²) in [5, 5.41) is 3.75. The fraction of sp³-hybridized carbons (Fsp3) is 0.750. The van der Waals surface area contributed by atoms with E-state index < -0.39 is 0 Å². The molecule has 1 heterocycles. The van der Waals surface area contributed by atoms with Crippen LogP contribution in [0.2, 0.25) is 0 Å². The van der Waals surface area contributed by atoms with Crippen LogP contribution >= 0.6 is 0 Å². The smallest absolute Gasteiger partial charge is 0.103 e. The van der Waals surface area contributed by atoms with Gasteiger partial charge in [-0.1, -0.05) is 27.2 Å². The molecule has 0 radical (unpaired) electrons. The summed E-state index contributed by atoms with van der Waals surface area (Å²) in [5.74, 6) is 1.92. The van der Waals surface area contributed by atoms with Gasteiger partial charge in [0.05, 0.1) is 6.26 Å². The van der Waals surface area contributed by atoms with Crippen LogP contribution in [0, 0.1) is 5.92 Å². The van der Waals surface area contributed by atoms with E-state index in [0.717, 1.165) is 24.5 Å². The molecule has 1 rings (SSSR count). The zero-order valence-electron chi connectivity index (χ0n) is 12.4. The van der Waals surface area contributed by atoms with Crippen LogP contribution in [0.15, 0.2) is 22.8 Å². The average molecular weight is 251 g/mol. The normalized spacial score (nSPS) is 16.4. The Morgan fingerprint density at radius 2 is 2.00 bits per heavy atom. The Kier molecular flexibility index (Phi) is 7.11. The second-order valence-corrected chi connectivity index (χ2v) is 5.54. The minimum Gasteiger partial charge on any atom is -0.469 e. The lowest BCUT2D eigenvalue weighted by Crippen LogP contribution is -2.37. The van der Waals surface area contributed by atoms with Crippen LogP contribution in [0.1, 0.15) is 59.1 Å². The zero-order chi connectivity index (χ0) is 13.4. The van der Waals surface area contributed by atoms with Gasteiger partial charge in [0.25, 0.3) is 0 Å². The molecule has 0 saturated carbocycles. The first-order chi connectivity index (χ1) is 8.65. The SMILES string of the molecule is CCC(C)CC(CC)NC(C)CCc1ccco1. The lowest BCUT2D eigenvalue weighted by atomic mass is 9.97. The third kappa shape index (κ3) is 5.72. The molecule has 0 amide bonds. The predicted octanol–water partition coefficient (Wildman–Crippen LogP) is 4.41. The zero-order valence-corrected chi connectivity index (χ0v) is 12.4. The maximum Gasteiger partial charge on any atom is 0.103 e. The molecule has 2 nitrogen and oxygen atoms in total. The molecule has 0 fully saturated rings. The average Bonchev–Trinajstić information content (AvgIpc) is 2.88. The predicted molar refractivity (Wildman–Crippen MR) is 77.8 cm³/mol.